The number of esters is 1. The van der Waals surface area contributed by atoms with Crippen LogP contribution >= 0.6 is 0 Å². The highest BCUT2D eigenvalue weighted by Gasteiger charge is 2.28. The number of anilines is 3. The van der Waals surface area contributed by atoms with Crippen molar-refractivity contribution >= 4 is 29.3 Å². The highest BCUT2D eigenvalue weighted by atomic mass is 19.2. The molecule has 0 aliphatic heterocycles. The molecule has 1 amide bonds. The molecule has 190 valence electrons. The lowest BCUT2D eigenvalue weighted by Crippen LogP contribution is -2.29. The molecule has 1 aliphatic carbocycles. The first kappa shape index (κ1) is 25.0. The van der Waals surface area contributed by atoms with Crippen LogP contribution in [0.4, 0.5) is 30.6 Å². The fourth-order valence-corrected chi connectivity index (χ4v) is 3.77. The number of nitrogens with zero attached hydrogens (tertiary/aromatic N) is 2. The molecule has 0 saturated heterocycles. The summed E-state index contributed by atoms with van der Waals surface area (Å²) in [5.41, 5.74) is -0.00722. The van der Waals surface area contributed by atoms with E-state index in [0.29, 0.717) is 43.0 Å². The van der Waals surface area contributed by atoms with E-state index in [9.17, 15) is 22.8 Å². The van der Waals surface area contributed by atoms with Crippen molar-refractivity contribution in [1.82, 2.24) is 10.2 Å². The molecule has 1 fully saturated rings. The average molecular weight is 504 g/mol. The van der Waals surface area contributed by atoms with Crippen LogP contribution in [-0.4, -0.2) is 34.8 Å². The van der Waals surface area contributed by atoms with Gasteiger partial charge in [-0.25, -0.2) is 13.2 Å². The minimum atomic E-state index is -1.35. The van der Waals surface area contributed by atoms with E-state index in [1.165, 1.54) is 0 Å². The lowest BCUT2D eigenvalue weighted by atomic mass is 9.87. The van der Waals surface area contributed by atoms with Gasteiger partial charge in [-0.05, 0) is 56.9 Å². The molecule has 36 heavy (non-hydrogen) atoms. The summed E-state index contributed by atoms with van der Waals surface area (Å²) in [4.78, 5) is 24.2. The number of carbonyl (C=O) groups excluding carboxylic acids is 2. The molecule has 0 atom stereocenters. The fourth-order valence-electron chi connectivity index (χ4n) is 3.77. The highest BCUT2D eigenvalue weighted by Crippen LogP contribution is 2.29. The van der Waals surface area contributed by atoms with Gasteiger partial charge in [0, 0.05) is 17.8 Å². The first-order valence-electron chi connectivity index (χ1n) is 11.3. The lowest BCUT2D eigenvalue weighted by Gasteiger charge is -2.27. The van der Waals surface area contributed by atoms with Crippen LogP contribution in [0.25, 0.3) is 0 Å². The van der Waals surface area contributed by atoms with Crippen LogP contribution < -0.4 is 15.4 Å². The maximum Gasteiger partial charge on any atom is 0.320 e. The van der Waals surface area contributed by atoms with Gasteiger partial charge in [0.1, 0.15) is 11.6 Å². The number of amides is 1. The topological polar surface area (TPSA) is 116 Å². The van der Waals surface area contributed by atoms with Gasteiger partial charge in [0.2, 0.25) is 0 Å². The third-order valence-corrected chi connectivity index (χ3v) is 5.58. The van der Waals surface area contributed by atoms with Crippen LogP contribution in [-0.2, 0) is 9.53 Å². The van der Waals surface area contributed by atoms with E-state index >= 15 is 0 Å². The Labute approximate surface area is 204 Å². The van der Waals surface area contributed by atoms with Crippen molar-refractivity contribution < 1.29 is 36.7 Å². The van der Waals surface area contributed by atoms with Gasteiger partial charge >= 0.3 is 23.8 Å². The number of halogens is 3. The summed E-state index contributed by atoms with van der Waals surface area (Å²) in [6, 6.07) is 7.21. The van der Waals surface area contributed by atoms with Gasteiger partial charge in [0.25, 0.3) is 0 Å². The fraction of sp³-hybridized carbons (Fsp3) is 0.333. The smallest absolute Gasteiger partial charge is 0.320 e. The minimum Gasteiger partial charge on any atom is -0.490 e. The summed E-state index contributed by atoms with van der Waals surface area (Å²) < 4.78 is 56.3. The highest BCUT2D eigenvalue weighted by molar-refractivity contribution is 6.00. The molecule has 4 rings (SSSR count). The molecule has 1 aromatic heterocycles. The molecule has 0 unspecified atom stereocenters. The van der Waals surface area contributed by atoms with Crippen molar-refractivity contribution in [3.8, 4) is 5.75 Å². The third kappa shape index (κ3) is 6.12. The van der Waals surface area contributed by atoms with Gasteiger partial charge in [-0.15, -0.1) is 5.10 Å². The van der Waals surface area contributed by atoms with E-state index in [2.05, 4.69) is 20.8 Å². The van der Waals surface area contributed by atoms with Crippen molar-refractivity contribution in [1.29, 1.82) is 0 Å². The first-order chi connectivity index (χ1) is 17.3. The Bertz CT molecular complexity index is 1230. The van der Waals surface area contributed by atoms with Gasteiger partial charge in [-0.1, -0.05) is 5.10 Å². The number of carbonyl (C=O) groups is 2. The third-order valence-electron chi connectivity index (χ3n) is 5.58. The van der Waals surface area contributed by atoms with Crippen LogP contribution in [0.15, 0.2) is 40.8 Å². The number of rotatable bonds is 8. The summed E-state index contributed by atoms with van der Waals surface area (Å²) in [6.07, 6.45) is 2.89. The van der Waals surface area contributed by atoms with Gasteiger partial charge < -0.3 is 24.5 Å². The quantitative estimate of drug-likeness (QED) is 0.326. The summed E-state index contributed by atoms with van der Waals surface area (Å²) in [6.45, 7) is 2.16. The zero-order valence-electron chi connectivity index (χ0n) is 19.2. The molecular weight excluding hydrogens is 481 g/mol. The maximum atomic E-state index is 13.8. The molecule has 9 nitrogen and oxygen atoms in total. The summed E-state index contributed by atoms with van der Waals surface area (Å²) in [7, 11) is 0. The molecule has 1 saturated carbocycles. The Kier molecular flexibility index (Phi) is 7.71. The molecule has 2 N–H and O–H groups in total. The number of ether oxygens (including phenoxy) is 2. The van der Waals surface area contributed by atoms with Crippen LogP contribution in [0, 0.1) is 23.4 Å². The van der Waals surface area contributed by atoms with Crippen LogP contribution in [0.5, 0.6) is 5.75 Å². The van der Waals surface area contributed by atoms with E-state index in [0.717, 1.165) is 12.8 Å². The van der Waals surface area contributed by atoms with Crippen LogP contribution in [0.2, 0.25) is 0 Å². The van der Waals surface area contributed by atoms with Gasteiger partial charge in [-0.2, -0.15) is 0 Å². The first-order valence-corrected chi connectivity index (χ1v) is 11.3. The molecule has 2 aromatic carbocycles. The number of aromatic nitrogens is 2. The standard InChI is InChI=1S/C24H23F3N4O5/c1-2-34-23(33)13-3-7-15(8-4-13)35-16-9-5-14(6-10-16)28-21(32)22-30-31-24(36-22)29-20-12-18(26)17(25)11-19(20)27/h5-6,9-13,15H,2-4,7-8H2,1H3,(H,28,32)(H,29,31)/t13-,15-. The van der Waals surface area contributed by atoms with E-state index in [-0.39, 0.29) is 24.0 Å². The molecular formula is C24H23F3N4O5. The summed E-state index contributed by atoms with van der Waals surface area (Å²) >= 11 is 0. The Morgan fingerprint density at radius 1 is 1.00 bits per heavy atom. The normalized spacial score (nSPS) is 17.3. The minimum absolute atomic E-state index is 0.0140. The van der Waals surface area contributed by atoms with Crippen molar-refractivity contribution in [3.63, 3.8) is 0 Å². The van der Waals surface area contributed by atoms with Crippen molar-refractivity contribution in [3.05, 3.63) is 59.7 Å². The van der Waals surface area contributed by atoms with E-state index in [1.54, 1.807) is 31.2 Å². The van der Waals surface area contributed by atoms with Crippen molar-refractivity contribution in [2.75, 3.05) is 17.2 Å². The molecule has 0 radical (unpaired) electrons. The molecule has 0 bridgehead atoms. The monoisotopic (exact) mass is 504 g/mol. The predicted octanol–water partition coefficient (Wildman–Crippen LogP) is 4.98. The van der Waals surface area contributed by atoms with Crippen molar-refractivity contribution in [2.24, 2.45) is 5.92 Å². The Balaban J connectivity index is 1.29. The second kappa shape index (κ2) is 11.1. The van der Waals surface area contributed by atoms with E-state index < -0.39 is 34.9 Å². The Hall–Kier alpha value is -4.09. The van der Waals surface area contributed by atoms with Crippen LogP contribution in [0.1, 0.15) is 43.3 Å². The zero-order valence-corrected chi connectivity index (χ0v) is 19.2. The molecule has 0 spiro atoms. The average Bonchev–Trinajstić information content (AvgIpc) is 3.33. The van der Waals surface area contributed by atoms with E-state index in [4.69, 9.17) is 13.9 Å². The summed E-state index contributed by atoms with van der Waals surface area (Å²) in [5.74, 6) is -4.48. The second-order valence-electron chi connectivity index (χ2n) is 8.11. The summed E-state index contributed by atoms with van der Waals surface area (Å²) in [5, 5.41) is 12.0. The number of nitrogens with one attached hydrogen (secondary N) is 2. The number of hydrogen-bond acceptors (Lipinski definition) is 8. The van der Waals surface area contributed by atoms with E-state index in [1.807, 2.05) is 0 Å². The lowest BCUT2D eigenvalue weighted by molar-refractivity contribution is -0.149. The predicted molar refractivity (Wildman–Crippen MR) is 121 cm³/mol. The van der Waals surface area contributed by atoms with Gasteiger partial charge in [-0.3, -0.25) is 9.59 Å². The van der Waals surface area contributed by atoms with Crippen molar-refractivity contribution in [2.45, 2.75) is 38.7 Å². The van der Waals surface area contributed by atoms with Gasteiger partial charge in [0.05, 0.1) is 24.3 Å². The molecule has 12 heteroatoms. The molecule has 1 aliphatic rings. The SMILES string of the molecule is CCOC(=O)[C@H]1CC[C@H](Oc2ccc(NC(=O)c3nnc(Nc4cc(F)c(F)cc4F)o3)cc2)CC1. The Morgan fingerprint density at radius 3 is 2.39 bits per heavy atom. The largest absolute Gasteiger partial charge is 0.490 e. The zero-order chi connectivity index (χ0) is 25.7. The van der Waals surface area contributed by atoms with Crippen LogP contribution in [0.3, 0.4) is 0 Å². The number of hydrogen-bond donors (Lipinski definition) is 2. The molecule has 1 heterocycles. The van der Waals surface area contributed by atoms with Gasteiger partial charge in [0.15, 0.2) is 11.6 Å². The number of benzene rings is 2. The molecule has 3 aromatic rings. The Morgan fingerprint density at radius 2 is 1.69 bits per heavy atom. The second-order valence-corrected chi connectivity index (χ2v) is 8.11. The maximum absolute atomic E-state index is 13.8.